The second-order valence-corrected chi connectivity index (χ2v) is 7.25. The maximum absolute atomic E-state index is 4.58. The molecular weight excluding hydrogens is 324 g/mol. The van der Waals surface area contributed by atoms with Crippen molar-refractivity contribution in [2.75, 3.05) is 6.54 Å². The van der Waals surface area contributed by atoms with Crippen LogP contribution >= 0.6 is 15.9 Å². The number of nitrogens with zero attached hydrogens (tertiary/aromatic N) is 1. The number of halogens is 1. The highest BCUT2D eigenvalue weighted by atomic mass is 79.9. The van der Waals surface area contributed by atoms with E-state index in [1.807, 2.05) is 6.20 Å². The molecule has 1 saturated carbocycles. The molecule has 1 aliphatic rings. The largest absolute Gasteiger partial charge is 0.313 e. The Kier molecular flexibility index (Phi) is 7.73. The van der Waals surface area contributed by atoms with E-state index >= 15 is 0 Å². The van der Waals surface area contributed by atoms with E-state index < -0.39 is 0 Å². The fourth-order valence-corrected chi connectivity index (χ4v) is 3.61. The van der Waals surface area contributed by atoms with Gasteiger partial charge >= 0.3 is 0 Å². The lowest BCUT2D eigenvalue weighted by Crippen LogP contribution is -2.39. The van der Waals surface area contributed by atoms with Crippen LogP contribution < -0.4 is 5.32 Å². The van der Waals surface area contributed by atoms with Crippen molar-refractivity contribution >= 4 is 15.9 Å². The molecule has 3 heteroatoms. The van der Waals surface area contributed by atoms with Gasteiger partial charge in [-0.15, -0.1) is 0 Å². The Morgan fingerprint density at radius 3 is 2.52 bits per heavy atom. The van der Waals surface area contributed by atoms with Crippen LogP contribution in [0.2, 0.25) is 0 Å². The molecular formula is C18H29BrN2. The van der Waals surface area contributed by atoms with Gasteiger partial charge in [0.25, 0.3) is 0 Å². The molecule has 0 radical (unpaired) electrons. The van der Waals surface area contributed by atoms with Gasteiger partial charge in [-0.25, -0.2) is 0 Å². The first-order chi connectivity index (χ1) is 10.3. The number of pyridine rings is 1. The van der Waals surface area contributed by atoms with Crippen molar-refractivity contribution in [3.8, 4) is 0 Å². The van der Waals surface area contributed by atoms with Crippen molar-refractivity contribution in [3.63, 3.8) is 0 Å². The SMILES string of the molecule is CCCNC(Cc1ccc(Br)cn1)C1CCCCCCC1. The molecule has 0 bridgehead atoms. The summed E-state index contributed by atoms with van der Waals surface area (Å²) in [6, 6.07) is 4.86. The second-order valence-electron chi connectivity index (χ2n) is 6.34. The number of rotatable bonds is 6. The van der Waals surface area contributed by atoms with E-state index in [-0.39, 0.29) is 0 Å². The zero-order valence-electron chi connectivity index (χ0n) is 13.3. The van der Waals surface area contributed by atoms with E-state index in [1.165, 1.54) is 57.1 Å². The first-order valence-corrected chi connectivity index (χ1v) is 9.42. The van der Waals surface area contributed by atoms with Crippen LogP contribution in [0.15, 0.2) is 22.8 Å². The lowest BCUT2D eigenvalue weighted by atomic mass is 9.84. The summed E-state index contributed by atoms with van der Waals surface area (Å²) < 4.78 is 1.07. The van der Waals surface area contributed by atoms with Crippen molar-refractivity contribution in [2.45, 2.75) is 70.8 Å². The summed E-state index contributed by atoms with van der Waals surface area (Å²) in [6.07, 6.45) is 14.1. The van der Waals surface area contributed by atoms with Crippen LogP contribution in [0.3, 0.4) is 0 Å². The number of aromatic nitrogens is 1. The Bertz CT molecular complexity index is 383. The molecule has 1 heterocycles. The lowest BCUT2D eigenvalue weighted by Gasteiger charge is -2.29. The Labute approximate surface area is 138 Å². The zero-order valence-corrected chi connectivity index (χ0v) is 14.9. The van der Waals surface area contributed by atoms with Gasteiger partial charge in [-0.1, -0.05) is 39.0 Å². The molecule has 1 fully saturated rings. The lowest BCUT2D eigenvalue weighted by molar-refractivity contribution is 0.282. The number of nitrogens with one attached hydrogen (secondary N) is 1. The van der Waals surface area contributed by atoms with E-state index in [1.54, 1.807) is 0 Å². The predicted octanol–water partition coefficient (Wildman–Crippen LogP) is 5.12. The molecule has 1 unspecified atom stereocenters. The Morgan fingerprint density at radius 2 is 1.90 bits per heavy atom. The smallest absolute Gasteiger partial charge is 0.0420 e. The topological polar surface area (TPSA) is 24.9 Å². The van der Waals surface area contributed by atoms with Gasteiger partial charge in [0, 0.05) is 28.8 Å². The minimum atomic E-state index is 0.594. The zero-order chi connectivity index (χ0) is 14.9. The highest BCUT2D eigenvalue weighted by molar-refractivity contribution is 9.10. The molecule has 0 spiro atoms. The Hall–Kier alpha value is -0.410. The minimum Gasteiger partial charge on any atom is -0.313 e. The van der Waals surface area contributed by atoms with Crippen LogP contribution in [0.25, 0.3) is 0 Å². The molecule has 1 N–H and O–H groups in total. The monoisotopic (exact) mass is 352 g/mol. The van der Waals surface area contributed by atoms with Gasteiger partial charge in [0.05, 0.1) is 0 Å². The standard InChI is InChI=1S/C18H29BrN2/c1-2-12-20-18(13-17-11-10-16(19)14-21-17)15-8-6-4-3-5-7-9-15/h10-11,14-15,18,20H,2-9,12-13H2,1H3. The van der Waals surface area contributed by atoms with Crippen LogP contribution in [-0.4, -0.2) is 17.6 Å². The van der Waals surface area contributed by atoms with Crippen LogP contribution in [0, 0.1) is 5.92 Å². The summed E-state index contributed by atoms with van der Waals surface area (Å²) in [5.74, 6) is 0.822. The van der Waals surface area contributed by atoms with Crippen molar-refractivity contribution < 1.29 is 0 Å². The van der Waals surface area contributed by atoms with Crippen molar-refractivity contribution in [2.24, 2.45) is 5.92 Å². The molecule has 0 amide bonds. The van der Waals surface area contributed by atoms with Gasteiger partial charge in [-0.05, 0) is 59.8 Å². The molecule has 2 rings (SSSR count). The summed E-state index contributed by atoms with van der Waals surface area (Å²) in [7, 11) is 0. The third kappa shape index (κ3) is 6.07. The molecule has 0 aliphatic heterocycles. The highest BCUT2D eigenvalue weighted by Gasteiger charge is 2.22. The van der Waals surface area contributed by atoms with E-state index in [4.69, 9.17) is 0 Å². The van der Waals surface area contributed by atoms with E-state index in [9.17, 15) is 0 Å². The van der Waals surface area contributed by atoms with Gasteiger partial charge in [-0.3, -0.25) is 4.98 Å². The molecule has 1 atom stereocenters. The fourth-order valence-electron chi connectivity index (χ4n) is 3.38. The van der Waals surface area contributed by atoms with Crippen LogP contribution in [-0.2, 0) is 6.42 Å². The fraction of sp³-hybridized carbons (Fsp3) is 0.722. The highest BCUT2D eigenvalue weighted by Crippen LogP contribution is 2.26. The van der Waals surface area contributed by atoms with Crippen LogP contribution in [0.4, 0.5) is 0 Å². The summed E-state index contributed by atoms with van der Waals surface area (Å²) in [5.41, 5.74) is 1.22. The second kappa shape index (κ2) is 9.58. The maximum atomic E-state index is 4.58. The average molecular weight is 353 g/mol. The Balaban J connectivity index is 1.99. The quantitative estimate of drug-likeness (QED) is 0.768. The molecule has 0 aromatic carbocycles. The normalized spacial score (nSPS) is 19.0. The summed E-state index contributed by atoms with van der Waals surface area (Å²) in [5, 5.41) is 3.80. The number of hydrogen-bond donors (Lipinski definition) is 1. The van der Waals surface area contributed by atoms with Gasteiger partial charge in [0.2, 0.25) is 0 Å². The molecule has 21 heavy (non-hydrogen) atoms. The van der Waals surface area contributed by atoms with Crippen LogP contribution in [0.5, 0.6) is 0 Å². The minimum absolute atomic E-state index is 0.594. The summed E-state index contributed by atoms with van der Waals surface area (Å²) in [4.78, 5) is 4.58. The summed E-state index contributed by atoms with van der Waals surface area (Å²) >= 11 is 3.47. The van der Waals surface area contributed by atoms with Crippen molar-refractivity contribution in [3.05, 3.63) is 28.5 Å². The van der Waals surface area contributed by atoms with Gasteiger partial charge < -0.3 is 5.32 Å². The molecule has 2 nitrogen and oxygen atoms in total. The van der Waals surface area contributed by atoms with E-state index in [2.05, 4.69) is 45.3 Å². The predicted molar refractivity (Wildman–Crippen MR) is 93.5 cm³/mol. The first-order valence-electron chi connectivity index (χ1n) is 8.63. The van der Waals surface area contributed by atoms with E-state index in [0.717, 1.165) is 23.4 Å². The summed E-state index contributed by atoms with van der Waals surface area (Å²) in [6.45, 7) is 3.37. The third-order valence-electron chi connectivity index (χ3n) is 4.59. The van der Waals surface area contributed by atoms with Gasteiger partial charge in [0.1, 0.15) is 0 Å². The van der Waals surface area contributed by atoms with Crippen molar-refractivity contribution in [1.29, 1.82) is 0 Å². The Morgan fingerprint density at radius 1 is 1.19 bits per heavy atom. The molecule has 1 aliphatic carbocycles. The molecule has 118 valence electrons. The van der Waals surface area contributed by atoms with Crippen LogP contribution in [0.1, 0.15) is 64.0 Å². The first kappa shape index (κ1) is 17.0. The van der Waals surface area contributed by atoms with Gasteiger partial charge in [0.15, 0.2) is 0 Å². The average Bonchev–Trinajstić information content (AvgIpc) is 2.46. The van der Waals surface area contributed by atoms with E-state index in [0.29, 0.717) is 6.04 Å². The maximum Gasteiger partial charge on any atom is 0.0420 e. The molecule has 1 aromatic rings. The number of hydrogen-bond acceptors (Lipinski definition) is 2. The molecule has 0 saturated heterocycles. The molecule has 1 aromatic heterocycles. The van der Waals surface area contributed by atoms with Gasteiger partial charge in [-0.2, -0.15) is 0 Å². The van der Waals surface area contributed by atoms with Crippen molar-refractivity contribution in [1.82, 2.24) is 10.3 Å². The third-order valence-corrected chi connectivity index (χ3v) is 5.06.